The Kier molecular flexibility index (Phi) is 7.48. The number of aromatic nitrogens is 4. The van der Waals surface area contributed by atoms with Gasteiger partial charge in [0.25, 0.3) is 5.91 Å². The summed E-state index contributed by atoms with van der Waals surface area (Å²) in [5, 5.41) is 12.3. The highest BCUT2D eigenvalue weighted by atomic mass is 16.5. The quantitative estimate of drug-likeness (QED) is 0.523. The second kappa shape index (κ2) is 10.7. The normalized spacial score (nSPS) is 10.4. The van der Waals surface area contributed by atoms with Gasteiger partial charge < -0.3 is 4.74 Å². The van der Waals surface area contributed by atoms with Crippen LogP contribution >= 0.6 is 0 Å². The van der Waals surface area contributed by atoms with Gasteiger partial charge in [-0.2, -0.15) is 4.80 Å². The highest BCUT2D eigenvalue weighted by molar-refractivity contribution is 5.82. The van der Waals surface area contributed by atoms with E-state index in [1.54, 1.807) is 0 Å². The Morgan fingerprint density at radius 1 is 1.00 bits per heavy atom. The third-order valence-corrected chi connectivity index (χ3v) is 4.30. The molecule has 30 heavy (non-hydrogen) atoms. The van der Waals surface area contributed by atoms with Crippen molar-refractivity contribution < 1.29 is 14.3 Å². The molecule has 0 saturated heterocycles. The Morgan fingerprint density at radius 3 is 2.53 bits per heavy atom. The highest BCUT2D eigenvalue weighted by Gasteiger charge is 2.09. The lowest BCUT2D eigenvalue weighted by atomic mass is 10.1. The van der Waals surface area contributed by atoms with Crippen molar-refractivity contribution in [3.05, 3.63) is 60.2 Å². The zero-order valence-electron chi connectivity index (χ0n) is 16.7. The smallest absolute Gasteiger partial charge is 0.276 e. The largest absolute Gasteiger partial charge is 0.483 e. The number of carbonyl (C=O) groups is 2. The molecular weight excluding hydrogens is 384 g/mol. The van der Waals surface area contributed by atoms with E-state index in [4.69, 9.17) is 4.74 Å². The van der Waals surface area contributed by atoms with Gasteiger partial charge in [0.2, 0.25) is 11.7 Å². The predicted octanol–water partition coefficient (Wildman–Crippen LogP) is 1.91. The fourth-order valence-electron chi connectivity index (χ4n) is 2.74. The van der Waals surface area contributed by atoms with Gasteiger partial charge >= 0.3 is 0 Å². The van der Waals surface area contributed by atoms with E-state index < -0.39 is 5.91 Å². The summed E-state index contributed by atoms with van der Waals surface area (Å²) in [4.78, 5) is 25.2. The molecule has 0 radical (unpaired) electrons. The van der Waals surface area contributed by atoms with Crippen LogP contribution in [0.15, 0.2) is 54.6 Å². The van der Waals surface area contributed by atoms with E-state index in [-0.39, 0.29) is 18.9 Å². The first-order valence-corrected chi connectivity index (χ1v) is 9.77. The van der Waals surface area contributed by atoms with Gasteiger partial charge in [-0.25, -0.2) is 0 Å². The summed E-state index contributed by atoms with van der Waals surface area (Å²) in [6.45, 7) is 2.28. The number of hydrazine groups is 1. The van der Waals surface area contributed by atoms with Crippen LogP contribution in [-0.4, -0.2) is 38.6 Å². The third kappa shape index (κ3) is 6.13. The third-order valence-electron chi connectivity index (χ3n) is 4.30. The van der Waals surface area contributed by atoms with E-state index >= 15 is 0 Å². The lowest BCUT2D eigenvalue weighted by molar-refractivity contribution is -0.130. The molecule has 9 nitrogen and oxygen atoms in total. The van der Waals surface area contributed by atoms with Crippen LogP contribution in [0.4, 0.5) is 0 Å². The number of tetrazole rings is 1. The summed E-state index contributed by atoms with van der Waals surface area (Å²) in [6.07, 6.45) is 1.52. The molecule has 0 unspecified atom stereocenters. The van der Waals surface area contributed by atoms with Gasteiger partial charge in [-0.3, -0.25) is 20.4 Å². The van der Waals surface area contributed by atoms with Crippen molar-refractivity contribution in [2.24, 2.45) is 0 Å². The topological polar surface area (TPSA) is 111 Å². The van der Waals surface area contributed by atoms with E-state index in [2.05, 4.69) is 26.3 Å². The Bertz CT molecular complexity index is 974. The number of amides is 2. The van der Waals surface area contributed by atoms with Crippen LogP contribution in [0.5, 0.6) is 5.75 Å². The molecule has 1 heterocycles. The molecule has 0 saturated carbocycles. The number of rotatable bonds is 9. The molecule has 2 N–H and O–H groups in total. The summed E-state index contributed by atoms with van der Waals surface area (Å²) in [5.74, 6) is 0.467. The lowest BCUT2D eigenvalue weighted by Gasteiger charge is -2.11. The average molecular weight is 408 g/mol. The molecule has 3 aromatic rings. The van der Waals surface area contributed by atoms with Gasteiger partial charge in [0.1, 0.15) is 5.75 Å². The van der Waals surface area contributed by atoms with Crippen molar-refractivity contribution in [3.8, 4) is 17.1 Å². The van der Waals surface area contributed by atoms with E-state index in [0.29, 0.717) is 24.5 Å². The molecular formula is C21H24N6O3. The van der Waals surface area contributed by atoms with E-state index in [0.717, 1.165) is 17.5 Å². The Labute approximate surface area is 174 Å². The van der Waals surface area contributed by atoms with Crippen molar-refractivity contribution >= 4 is 11.8 Å². The van der Waals surface area contributed by atoms with Crippen molar-refractivity contribution in [2.75, 3.05) is 6.61 Å². The molecule has 0 aliphatic carbocycles. The summed E-state index contributed by atoms with van der Waals surface area (Å²) < 4.78 is 5.51. The fraction of sp³-hybridized carbons (Fsp3) is 0.286. The Hall–Kier alpha value is -3.75. The van der Waals surface area contributed by atoms with Crippen molar-refractivity contribution in [1.29, 1.82) is 0 Å². The minimum atomic E-state index is -0.431. The maximum absolute atomic E-state index is 11.9. The van der Waals surface area contributed by atoms with Crippen LogP contribution in [0.2, 0.25) is 0 Å². The maximum Gasteiger partial charge on any atom is 0.276 e. The predicted molar refractivity (Wildman–Crippen MR) is 110 cm³/mol. The molecule has 3 rings (SSSR count). The SMILES string of the molecule is CCc1ccccc1OCC(=O)NNC(=O)CCCn1nnc(-c2ccccc2)n1. The summed E-state index contributed by atoms with van der Waals surface area (Å²) in [5.41, 5.74) is 6.63. The summed E-state index contributed by atoms with van der Waals surface area (Å²) in [6, 6.07) is 17.1. The number of carbonyl (C=O) groups excluding carboxylic acids is 2. The molecule has 0 atom stereocenters. The summed E-state index contributed by atoms with van der Waals surface area (Å²) >= 11 is 0. The number of ether oxygens (including phenoxy) is 1. The first-order chi connectivity index (χ1) is 14.7. The van der Waals surface area contributed by atoms with Crippen LogP contribution in [-0.2, 0) is 22.6 Å². The zero-order chi connectivity index (χ0) is 21.2. The van der Waals surface area contributed by atoms with Crippen LogP contribution in [0.1, 0.15) is 25.3 Å². The first kappa shape index (κ1) is 21.0. The zero-order valence-corrected chi connectivity index (χ0v) is 16.7. The second-order valence-electron chi connectivity index (χ2n) is 6.52. The number of benzene rings is 2. The number of aryl methyl sites for hydroxylation is 2. The highest BCUT2D eigenvalue weighted by Crippen LogP contribution is 2.17. The molecule has 0 fully saturated rings. The molecule has 0 aliphatic rings. The standard InChI is InChI=1S/C21H24N6O3/c1-2-16-9-6-7-12-18(16)30-15-20(29)23-22-19(28)13-8-14-27-25-21(24-26-27)17-10-4-3-5-11-17/h3-7,9-12H,2,8,13-15H2,1H3,(H,22,28)(H,23,29). The van der Waals surface area contributed by atoms with Gasteiger partial charge in [-0.05, 0) is 29.7 Å². The molecule has 2 amide bonds. The van der Waals surface area contributed by atoms with Crippen LogP contribution in [0.25, 0.3) is 11.4 Å². The second-order valence-corrected chi connectivity index (χ2v) is 6.52. The van der Waals surface area contributed by atoms with E-state index in [1.807, 2.05) is 61.5 Å². The Balaban J connectivity index is 1.34. The molecule has 0 aliphatic heterocycles. The minimum absolute atomic E-state index is 0.178. The average Bonchev–Trinajstić information content (AvgIpc) is 3.26. The van der Waals surface area contributed by atoms with Crippen molar-refractivity contribution in [3.63, 3.8) is 0 Å². The molecule has 156 valence electrons. The number of nitrogens with zero attached hydrogens (tertiary/aromatic N) is 4. The van der Waals surface area contributed by atoms with Gasteiger partial charge in [0.15, 0.2) is 6.61 Å². The molecule has 2 aromatic carbocycles. The van der Waals surface area contributed by atoms with Crippen molar-refractivity contribution in [1.82, 2.24) is 31.1 Å². The number of hydrogen-bond donors (Lipinski definition) is 2. The lowest BCUT2D eigenvalue weighted by Crippen LogP contribution is -2.43. The molecule has 0 spiro atoms. The Morgan fingerprint density at radius 2 is 1.73 bits per heavy atom. The van der Waals surface area contributed by atoms with Gasteiger partial charge in [0.05, 0.1) is 6.54 Å². The van der Waals surface area contributed by atoms with E-state index in [1.165, 1.54) is 4.80 Å². The van der Waals surface area contributed by atoms with E-state index in [9.17, 15) is 9.59 Å². The maximum atomic E-state index is 11.9. The molecule has 1 aromatic heterocycles. The number of para-hydroxylation sites is 1. The molecule has 0 bridgehead atoms. The minimum Gasteiger partial charge on any atom is -0.483 e. The van der Waals surface area contributed by atoms with Gasteiger partial charge in [-0.1, -0.05) is 55.5 Å². The monoisotopic (exact) mass is 408 g/mol. The van der Waals surface area contributed by atoms with Gasteiger partial charge in [-0.15, -0.1) is 10.2 Å². The first-order valence-electron chi connectivity index (χ1n) is 9.77. The fourth-order valence-corrected chi connectivity index (χ4v) is 2.74. The van der Waals surface area contributed by atoms with Gasteiger partial charge in [0, 0.05) is 12.0 Å². The van der Waals surface area contributed by atoms with Crippen LogP contribution in [0.3, 0.4) is 0 Å². The number of hydrogen-bond acceptors (Lipinski definition) is 6. The summed E-state index contributed by atoms with van der Waals surface area (Å²) in [7, 11) is 0. The van der Waals surface area contributed by atoms with Crippen LogP contribution in [0, 0.1) is 0 Å². The molecule has 9 heteroatoms. The number of nitrogens with one attached hydrogen (secondary N) is 2. The van der Waals surface area contributed by atoms with Crippen LogP contribution < -0.4 is 15.6 Å². The van der Waals surface area contributed by atoms with Crippen molar-refractivity contribution in [2.45, 2.75) is 32.7 Å².